The second kappa shape index (κ2) is 9.49. The lowest BCUT2D eigenvalue weighted by Gasteiger charge is -1.90. The minimum atomic E-state index is 0.963. The molecule has 116 valence electrons. The van der Waals surface area contributed by atoms with Gasteiger partial charge in [-0.05, 0) is 36.4 Å². The number of nitrogens with zero attached hydrogens (tertiary/aromatic N) is 2. The molecule has 3 aromatic rings. The minimum Gasteiger partial charge on any atom is -0.255 e. The molecule has 0 saturated heterocycles. The highest BCUT2D eigenvalue weighted by Crippen LogP contribution is 2.17. The van der Waals surface area contributed by atoms with Gasteiger partial charge in [-0.1, -0.05) is 50.2 Å². The van der Waals surface area contributed by atoms with E-state index in [1.807, 2.05) is 86.9 Å². The maximum Gasteiger partial charge on any atom is 0.0630 e. The van der Waals surface area contributed by atoms with Gasteiger partial charge >= 0.3 is 0 Å². The molecule has 3 rings (SSSR count). The van der Waals surface area contributed by atoms with Crippen molar-refractivity contribution >= 4 is 35.1 Å². The highest BCUT2D eigenvalue weighted by molar-refractivity contribution is 7.15. The average Bonchev–Trinajstić information content (AvgIpc) is 3.10. The van der Waals surface area contributed by atoms with Crippen LogP contribution in [0.2, 0.25) is 0 Å². The lowest BCUT2D eigenvalue weighted by molar-refractivity contribution is 1.50. The summed E-state index contributed by atoms with van der Waals surface area (Å²) in [6.45, 7) is 4.00. The fourth-order valence-electron chi connectivity index (χ4n) is 1.81. The monoisotopic (exact) mass is 320 g/mol. The molecule has 0 bridgehead atoms. The van der Waals surface area contributed by atoms with Crippen LogP contribution in [0.15, 0.2) is 82.8 Å². The molecule has 23 heavy (non-hydrogen) atoms. The molecule has 0 saturated carbocycles. The fraction of sp³-hybridized carbons (Fsp3) is 0.100. The van der Waals surface area contributed by atoms with Crippen molar-refractivity contribution < 1.29 is 0 Å². The molecule has 0 unspecified atom stereocenters. The molecule has 0 aliphatic carbocycles. The van der Waals surface area contributed by atoms with E-state index in [1.165, 1.54) is 0 Å². The Kier molecular flexibility index (Phi) is 6.95. The average molecular weight is 320 g/mol. The molecule has 0 N–H and O–H groups in total. The van der Waals surface area contributed by atoms with Crippen LogP contribution >= 0.6 is 11.3 Å². The second-order valence-corrected chi connectivity index (χ2v) is 5.57. The Morgan fingerprint density at radius 1 is 0.609 bits per heavy atom. The van der Waals surface area contributed by atoms with Gasteiger partial charge < -0.3 is 0 Å². The van der Waals surface area contributed by atoms with Crippen molar-refractivity contribution in [3.8, 4) is 0 Å². The standard InChI is InChI=1S/C18H14N2S.C2H6/c1-3-7-15(8-4-1)19-13-17-11-12-18(21-17)14-20-16-9-5-2-6-10-16;1-2/h1-14H;1-2H3. The van der Waals surface area contributed by atoms with Crippen LogP contribution < -0.4 is 0 Å². The minimum absolute atomic E-state index is 0.963. The smallest absolute Gasteiger partial charge is 0.0630 e. The Morgan fingerprint density at radius 2 is 1.00 bits per heavy atom. The van der Waals surface area contributed by atoms with Crippen LogP contribution in [0.5, 0.6) is 0 Å². The normalized spacial score (nSPS) is 10.7. The SMILES string of the molecule is C(=Nc1ccccc1)c1ccc(C=Nc2ccccc2)s1.CC. The van der Waals surface area contributed by atoms with Gasteiger partial charge in [-0.2, -0.15) is 0 Å². The Morgan fingerprint density at radius 3 is 1.39 bits per heavy atom. The first kappa shape index (κ1) is 16.8. The summed E-state index contributed by atoms with van der Waals surface area (Å²) < 4.78 is 0. The lowest BCUT2D eigenvalue weighted by atomic mass is 10.3. The summed E-state index contributed by atoms with van der Waals surface area (Å²) >= 11 is 1.67. The molecule has 0 fully saturated rings. The molecular formula is C20H20N2S. The van der Waals surface area contributed by atoms with Crippen LogP contribution in [0, 0.1) is 0 Å². The summed E-state index contributed by atoms with van der Waals surface area (Å²) in [5, 5.41) is 0. The third-order valence-electron chi connectivity index (χ3n) is 2.84. The molecule has 0 radical (unpaired) electrons. The van der Waals surface area contributed by atoms with E-state index in [1.54, 1.807) is 11.3 Å². The van der Waals surface area contributed by atoms with Crippen LogP contribution in [-0.2, 0) is 0 Å². The third-order valence-corrected chi connectivity index (χ3v) is 3.80. The van der Waals surface area contributed by atoms with E-state index >= 15 is 0 Å². The number of para-hydroxylation sites is 2. The van der Waals surface area contributed by atoms with E-state index in [-0.39, 0.29) is 0 Å². The van der Waals surface area contributed by atoms with Crippen LogP contribution in [0.4, 0.5) is 11.4 Å². The molecular weight excluding hydrogens is 300 g/mol. The zero-order valence-corrected chi connectivity index (χ0v) is 14.2. The fourth-order valence-corrected chi connectivity index (χ4v) is 2.57. The highest BCUT2D eigenvalue weighted by Gasteiger charge is 1.95. The zero-order chi connectivity index (χ0) is 16.3. The molecule has 0 spiro atoms. The molecule has 0 amide bonds. The molecule has 1 aromatic heterocycles. The molecule has 3 heteroatoms. The van der Waals surface area contributed by atoms with Gasteiger partial charge in [-0.3, -0.25) is 9.98 Å². The zero-order valence-electron chi connectivity index (χ0n) is 13.4. The van der Waals surface area contributed by atoms with Crippen molar-refractivity contribution in [2.75, 3.05) is 0 Å². The summed E-state index contributed by atoms with van der Waals surface area (Å²) in [4.78, 5) is 11.1. The van der Waals surface area contributed by atoms with E-state index in [0.29, 0.717) is 0 Å². The van der Waals surface area contributed by atoms with Gasteiger partial charge in [0.05, 0.1) is 11.4 Å². The van der Waals surface area contributed by atoms with Crippen molar-refractivity contribution in [2.24, 2.45) is 9.98 Å². The van der Waals surface area contributed by atoms with Gasteiger partial charge in [-0.15, -0.1) is 11.3 Å². The summed E-state index contributed by atoms with van der Waals surface area (Å²) in [5.41, 5.74) is 1.93. The van der Waals surface area contributed by atoms with Crippen molar-refractivity contribution in [1.82, 2.24) is 0 Å². The van der Waals surface area contributed by atoms with Crippen LogP contribution in [0.1, 0.15) is 23.6 Å². The van der Waals surface area contributed by atoms with Gasteiger partial charge in [-0.25, -0.2) is 0 Å². The maximum atomic E-state index is 4.45. The van der Waals surface area contributed by atoms with E-state index in [9.17, 15) is 0 Å². The third kappa shape index (κ3) is 5.64. The van der Waals surface area contributed by atoms with Gasteiger partial charge in [0.15, 0.2) is 0 Å². The lowest BCUT2D eigenvalue weighted by Crippen LogP contribution is -1.72. The predicted molar refractivity (Wildman–Crippen MR) is 103 cm³/mol. The van der Waals surface area contributed by atoms with E-state index in [4.69, 9.17) is 0 Å². The Labute approximate surface area is 141 Å². The first-order valence-corrected chi connectivity index (χ1v) is 8.50. The molecule has 0 atom stereocenters. The number of thiophene rings is 1. The van der Waals surface area contributed by atoms with Crippen molar-refractivity contribution in [3.63, 3.8) is 0 Å². The van der Waals surface area contributed by atoms with Gasteiger partial charge in [0.2, 0.25) is 0 Å². The first-order chi connectivity index (χ1) is 11.4. The van der Waals surface area contributed by atoms with Gasteiger partial charge in [0.25, 0.3) is 0 Å². The molecule has 0 aliphatic heterocycles. The number of aliphatic imine (C=N–C) groups is 2. The Hall–Kier alpha value is -2.52. The van der Waals surface area contributed by atoms with Gasteiger partial charge in [0.1, 0.15) is 0 Å². The number of rotatable bonds is 4. The summed E-state index contributed by atoms with van der Waals surface area (Å²) in [5.74, 6) is 0. The second-order valence-electron chi connectivity index (χ2n) is 4.43. The van der Waals surface area contributed by atoms with E-state index in [0.717, 1.165) is 21.1 Å². The first-order valence-electron chi connectivity index (χ1n) is 7.68. The summed E-state index contributed by atoms with van der Waals surface area (Å²) in [6, 6.07) is 24.0. The van der Waals surface area contributed by atoms with Crippen molar-refractivity contribution in [1.29, 1.82) is 0 Å². The van der Waals surface area contributed by atoms with E-state index < -0.39 is 0 Å². The molecule has 0 aliphatic rings. The summed E-state index contributed by atoms with van der Waals surface area (Å²) in [6.07, 6.45) is 3.78. The Balaban J connectivity index is 0.000000924. The van der Waals surface area contributed by atoms with Crippen molar-refractivity contribution in [2.45, 2.75) is 13.8 Å². The van der Waals surface area contributed by atoms with Crippen LogP contribution in [-0.4, -0.2) is 12.4 Å². The molecule has 1 heterocycles. The largest absolute Gasteiger partial charge is 0.255 e. The maximum absolute atomic E-state index is 4.45. The number of hydrogen-bond donors (Lipinski definition) is 0. The number of benzene rings is 2. The highest BCUT2D eigenvalue weighted by atomic mass is 32.1. The molecule has 2 nitrogen and oxygen atoms in total. The number of hydrogen-bond acceptors (Lipinski definition) is 3. The summed E-state index contributed by atoms with van der Waals surface area (Å²) in [7, 11) is 0. The van der Waals surface area contributed by atoms with E-state index in [2.05, 4.69) is 22.1 Å². The van der Waals surface area contributed by atoms with Gasteiger partial charge in [0, 0.05) is 22.2 Å². The topological polar surface area (TPSA) is 24.7 Å². The Bertz CT molecular complexity index is 680. The van der Waals surface area contributed by atoms with Crippen LogP contribution in [0.3, 0.4) is 0 Å². The predicted octanol–water partition coefficient (Wildman–Crippen LogP) is 6.28. The molecule has 2 aromatic carbocycles. The van der Waals surface area contributed by atoms with Crippen LogP contribution in [0.25, 0.3) is 0 Å². The quantitative estimate of drug-likeness (QED) is 0.506. The van der Waals surface area contributed by atoms with Crippen molar-refractivity contribution in [3.05, 3.63) is 82.6 Å².